The molecule has 0 unspecified atom stereocenters. The first-order valence-electron chi connectivity index (χ1n) is 8.83. The van der Waals surface area contributed by atoms with Gasteiger partial charge in [-0.05, 0) is 25.7 Å². The minimum absolute atomic E-state index is 0.0168. The normalized spacial score (nSPS) is 19.9. The Hall–Kier alpha value is -1.89. The Morgan fingerprint density at radius 2 is 2.08 bits per heavy atom. The fraction of sp³-hybridized carbons (Fsp3) is 0.722. The molecule has 7 heteroatoms. The fourth-order valence-electron chi connectivity index (χ4n) is 3.22. The Labute approximate surface area is 149 Å². The van der Waals surface area contributed by atoms with Crippen LogP contribution in [0.1, 0.15) is 63.5 Å². The Morgan fingerprint density at radius 1 is 1.36 bits per heavy atom. The maximum atomic E-state index is 13.1. The minimum Gasteiger partial charge on any atom is -0.469 e. The van der Waals surface area contributed by atoms with Crippen LogP contribution >= 0.6 is 0 Å². The van der Waals surface area contributed by atoms with E-state index in [2.05, 4.69) is 23.8 Å². The third-order valence-corrected chi connectivity index (χ3v) is 4.96. The summed E-state index contributed by atoms with van der Waals surface area (Å²) >= 11 is 0. The predicted octanol–water partition coefficient (Wildman–Crippen LogP) is 2.41. The number of aromatic amines is 1. The lowest BCUT2D eigenvalue weighted by molar-refractivity contribution is -0.151. The van der Waals surface area contributed by atoms with E-state index in [9.17, 15) is 9.59 Å². The Kier molecular flexibility index (Phi) is 6.58. The van der Waals surface area contributed by atoms with Gasteiger partial charge in [-0.3, -0.25) is 9.59 Å². The van der Waals surface area contributed by atoms with E-state index in [0.29, 0.717) is 12.5 Å². The number of H-pyrrole nitrogens is 1. The third kappa shape index (κ3) is 4.39. The molecule has 1 aliphatic rings. The average Bonchev–Trinajstić information content (AvgIpc) is 3.26. The van der Waals surface area contributed by atoms with Crippen molar-refractivity contribution in [3.8, 4) is 0 Å². The number of hydrogen-bond acceptors (Lipinski definition) is 5. The molecule has 1 fully saturated rings. The van der Waals surface area contributed by atoms with Crippen molar-refractivity contribution >= 4 is 11.9 Å². The van der Waals surface area contributed by atoms with E-state index in [4.69, 9.17) is 9.47 Å². The first kappa shape index (κ1) is 19.4. The van der Waals surface area contributed by atoms with Gasteiger partial charge in [-0.1, -0.05) is 13.8 Å². The number of carbonyl (C=O) groups excluding carboxylic acids is 2. The van der Waals surface area contributed by atoms with Crippen LogP contribution < -0.4 is 0 Å². The summed E-state index contributed by atoms with van der Waals surface area (Å²) in [5.41, 5.74) is 1.06. The number of hydrogen-bond donors (Lipinski definition) is 1. The molecular formula is C18H29N3O4. The van der Waals surface area contributed by atoms with Crippen LogP contribution in [0.5, 0.6) is 0 Å². The highest BCUT2D eigenvalue weighted by atomic mass is 16.5. The van der Waals surface area contributed by atoms with E-state index in [1.165, 1.54) is 7.11 Å². The van der Waals surface area contributed by atoms with Crippen LogP contribution in [0.25, 0.3) is 0 Å². The predicted molar refractivity (Wildman–Crippen MR) is 93.0 cm³/mol. The summed E-state index contributed by atoms with van der Waals surface area (Å²) in [4.78, 5) is 34.5. The molecule has 3 atom stereocenters. The highest BCUT2D eigenvalue weighted by molar-refractivity contribution is 5.84. The number of rotatable bonds is 7. The minimum atomic E-state index is -0.558. The van der Waals surface area contributed by atoms with E-state index in [1.807, 2.05) is 11.1 Å². The molecule has 2 heterocycles. The van der Waals surface area contributed by atoms with Crippen molar-refractivity contribution in [2.45, 2.75) is 58.1 Å². The van der Waals surface area contributed by atoms with Crippen LogP contribution in [0.3, 0.4) is 0 Å². The Balaban J connectivity index is 2.20. The second-order valence-corrected chi connectivity index (χ2v) is 6.90. The van der Waals surface area contributed by atoms with Gasteiger partial charge in [-0.25, -0.2) is 4.98 Å². The molecule has 0 radical (unpaired) electrons. The van der Waals surface area contributed by atoms with Crippen LogP contribution in [-0.4, -0.2) is 53.6 Å². The topological polar surface area (TPSA) is 84.5 Å². The monoisotopic (exact) mass is 351 g/mol. The molecule has 0 saturated carbocycles. The van der Waals surface area contributed by atoms with Crippen molar-refractivity contribution < 1.29 is 19.1 Å². The van der Waals surface area contributed by atoms with Crippen molar-refractivity contribution in [2.75, 3.05) is 20.8 Å². The molecule has 25 heavy (non-hydrogen) atoms. The van der Waals surface area contributed by atoms with Crippen LogP contribution in [0.2, 0.25) is 0 Å². The lowest BCUT2D eigenvalue weighted by Gasteiger charge is -2.30. The van der Waals surface area contributed by atoms with Crippen molar-refractivity contribution in [1.82, 2.24) is 14.9 Å². The number of ether oxygens (including phenoxy) is 2. The largest absolute Gasteiger partial charge is 0.469 e. The van der Waals surface area contributed by atoms with E-state index in [0.717, 1.165) is 24.4 Å². The van der Waals surface area contributed by atoms with Gasteiger partial charge < -0.3 is 19.4 Å². The first-order chi connectivity index (χ1) is 11.9. The zero-order chi connectivity index (χ0) is 18.6. The smallest absolute Gasteiger partial charge is 0.306 e. The van der Waals surface area contributed by atoms with E-state index >= 15 is 0 Å². The van der Waals surface area contributed by atoms with E-state index in [-0.39, 0.29) is 24.5 Å². The number of esters is 1. The number of carbonyl (C=O) groups is 2. The molecule has 140 valence electrons. The number of methoxy groups -OCH3 is 2. The van der Waals surface area contributed by atoms with E-state index < -0.39 is 11.9 Å². The van der Waals surface area contributed by atoms with Gasteiger partial charge >= 0.3 is 5.97 Å². The highest BCUT2D eigenvalue weighted by Crippen LogP contribution is 2.33. The lowest BCUT2D eigenvalue weighted by atomic mass is 9.97. The van der Waals surface area contributed by atoms with Crippen LogP contribution in [0, 0.1) is 5.92 Å². The van der Waals surface area contributed by atoms with Gasteiger partial charge in [-0.2, -0.15) is 0 Å². The summed E-state index contributed by atoms with van der Waals surface area (Å²) < 4.78 is 10.1. The van der Waals surface area contributed by atoms with Crippen molar-refractivity contribution in [1.29, 1.82) is 0 Å². The number of nitrogens with zero attached hydrogens (tertiary/aromatic N) is 2. The SMILES string of the molecule is COC(=O)C[C@H](C(=O)N1CCC[C@H]1c1ncc(C(C)C)[nH]1)[C@H](C)OC. The molecule has 1 aliphatic heterocycles. The molecule has 0 aromatic carbocycles. The van der Waals surface area contributed by atoms with Crippen molar-refractivity contribution in [3.05, 3.63) is 17.7 Å². The maximum absolute atomic E-state index is 13.1. The van der Waals surface area contributed by atoms with Crippen molar-refractivity contribution in [3.63, 3.8) is 0 Å². The molecule has 1 N–H and O–H groups in total. The molecule has 1 saturated heterocycles. The van der Waals surface area contributed by atoms with Gasteiger partial charge in [0.05, 0.1) is 31.6 Å². The summed E-state index contributed by atoms with van der Waals surface area (Å²) in [5, 5.41) is 0. The molecular weight excluding hydrogens is 322 g/mol. The molecule has 0 spiro atoms. The summed E-state index contributed by atoms with van der Waals surface area (Å²) in [6, 6.07) is -0.0794. The van der Waals surface area contributed by atoms with Crippen LogP contribution in [0.4, 0.5) is 0 Å². The molecule has 2 rings (SSSR count). The fourth-order valence-corrected chi connectivity index (χ4v) is 3.22. The van der Waals surface area contributed by atoms with Crippen LogP contribution in [0.15, 0.2) is 6.20 Å². The van der Waals surface area contributed by atoms with Gasteiger partial charge in [0, 0.05) is 25.5 Å². The summed E-state index contributed by atoms with van der Waals surface area (Å²) in [5.74, 6) is 0.129. The molecule has 1 amide bonds. The second kappa shape index (κ2) is 8.47. The zero-order valence-electron chi connectivity index (χ0n) is 15.7. The number of nitrogens with one attached hydrogen (secondary N) is 1. The molecule has 7 nitrogen and oxygen atoms in total. The number of aromatic nitrogens is 2. The van der Waals surface area contributed by atoms with Gasteiger partial charge in [-0.15, -0.1) is 0 Å². The average molecular weight is 351 g/mol. The van der Waals surface area contributed by atoms with Gasteiger partial charge in [0.1, 0.15) is 5.82 Å². The summed E-state index contributed by atoms with van der Waals surface area (Å²) in [6.45, 7) is 6.67. The molecule has 0 bridgehead atoms. The highest BCUT2D eigenvalue weighted by Gasteiger charge is 2.38. The number of amides is 1. The number of likely N-dealkylation sites (tertiary alicyclic amines) is 1. The maximum Gasteiger partial charge on any atom is 0.306 e. The molecule has 1 aromatic heterocycles. The lowest BCUT2D eigenvalue weighted by Crippen LogP contribution is -2.41. The standard InChI is InChI=1S/C18H29N3O4/c1-11(2)14-10-19-17(20-14)15-7-6-8-21(15)18(23)13(12(3)24-4)9-16(22)25-5/h10-13,15H,6-9H2,1-5H3,(H,19,20)/t12-,13-,15-/m0/s1. The van der Waals surface area contributed by atoms with Crippen molar-refractivity contribution in [2.24, 2.45) is 5.92 Å². The van der Waals surface area contributed by atoms with Crippen LogP contribution in [-0.2, 0) is 19.1 Å². The first-order valence-corrected chi connectivity index (χ1v) is 8.83. The van der Waals surface area contributed by atoms with Gasteiger partial charge in [0.25, 0.3) is 0 Å². The Bertz CT molecular complexity index is 599. The second-order valence-electron chi connectivity index (χ2n) is 6.90. The molecule has 0 aliphatic carbocycles. The quantitative estimate of drug-likeness (QED) is 0.763. The zero-order valence-corrected chi connectivity index (χ0v) is 15.7. The van der Waals surface area contributed by atoms with Gasteiger partial charge in [0.15, 0.2) is 0 Å². The summed E-state index contributed by atoms with van der Waals surface area (Å²) in [6.07, 6.45) is 3.27. The summed E-state index contributed by atoms with van der Waals surface area (Å²) in [7, 11) is 2.88. The third-order valence-electron chi connectivity index (χ3n) is 4.96. The Morgan fingerprint density at radius 3 is 2.64 bits per heavy atom. The van der Waals surface area contributed by atoms with E-state index in [1.54, 1.807) is 14.0 Å². The number of imidazole rings is 1. The molecule has 1 aromatic rings. The van der Waals surface area contributed by atoms with Gasteiger partial charge in [0.2, 0.25) is 5.91 Å².